The van der Waals surface area contributed by atoms with E-state index in [1.54, 1.807) is 11.2 Å². The Balaban J connectivity index is 1.97. The third-order valence-electron chi connectivity index (χ3n) is 3.39. The molecule has 0 saturated carbocycles. The zero-order chi connectivity index (χ0) is 12.2. The van der Waals surface area contributed by atoms with Crippen LogP contribution in [-0.2, 0) is 17.8 Å². The molecule has 1 N–H and O–H groups in total. The van der Waals surface area contributed by atoms with E-state index in [4.69, 9.17) is 0 Å². The van der Waals surface area contributed by atoms with E-state index < -0.39 is 0 Å². The first-order chi connectivity index (χ1) is 8.09. The number of nitrogens with zero attached hydrogens (tertiary/aromatic N) is 3. The van der Waals surface area contributed by atoms with Crippen LogP contribution in [0.2, 0.25) is 0 Å². The molecule has 1 unspecified atom stereocenters. The van der Waals surface area contributed by atoms with E-state index in [1.165, 1.54) is 4.90 Å². The number of imidazole rings is 1. The van der Waals surface area contributed by atoms with Gasteiger partial charge in [-0.1, -0.05) is 0 Å². The maximum Gasteiger partial charge on any atom is 0.328 e. The van der Waals surface area contributed by atoms with Gasteiger partial charge in [-0.25, -0.2) is 9.78 Å². The van der Waals surface area contributed by atoms with Gasteiger partial charge in [-0.2, -0.15) is 0 Å². The minimum absolute atomic E-state index is 0.0908. The molecule has 90 valence electrons. The summed E-state index contributed by atoms with van der Waals surface area (Å²) in [6.45, 7) is 4.16. The number of H-pyrrole nitrogens is 1. The van der Waals surface area contributed by atoms with Crippen molar-refractivity contribution >= 4 is 11.9 Å². The molecule has 1 fully saturated rings. The molecule has 6 heteroatoms. The maximum absolute atomic E-state index is 12.1. The van der Waals surface area contributed by atoms with E-state index in [1.807, 2.05) is 13.8 Å². The normalized spacial score (nSPS) is 23.4. The van der Waals surface area contributed by atoms with Crippen LogP contribution < -0.4 is 0 Å². The SMILES string of the molecule is CC(C)N1C(=O)C2Cc3nc[nH]c3CN2C1=O. The highest BCUT2D eigenvalue weighted by Gasteiger charge is 2.48. The lowest BCUT2D eigenvalue weighted by atomic mass is 10.0. The second-order valence-electron chi connectivity index (χ2n) is 4.76. The summed E-state index contributed by atoms with van der Waals surface area (Å²) in [5, 5.41) is 0. The molecule has 0 aliphatic carbocycles. The zero-order valence-electron chi connectivity index (χ0n) is 9.80. The first kappa shape index (κ1) is 10.3. The summed E-state index contributed by atoms with van der Waals surface area (Å²) in [6.07, 6.45) is 2.13. The van der Waals surface area contributed by atoms with Crippen LogP contribution in [0.15, 0.2) is 6.33 Å². The van der Waals surface area contributed by atoms with Crippen molar-refractivity contribution in [3.63, 3.8) is 0 Å². The summed E-state index contributed by atoms with van der Waals surface area (Å²) in [7, 11) is 0. The molecule has 0 bridgehead atoms. The van der Waals surface area contributed by atoms with Crippen LogP contribution in [0.3, 0.4) is 0 Å². The van der Waals surface area contributed by atoms with Crippen LogP contribution in [-0.4, -0.2) is 43.8 Å². The van der Waals surface area contributed by atoms with Gasteiger partial charge in [-0.3, -0.25) is 9.69 Å². The zero-order valence-corrected chi connectivity index (χ0v) is 9.80. The predicted molar refractivity (Wildman–Crippen MR) is 59.0 cm³/mol. The third-order valence-corrected chi connectivity index (χ3v) is 3.39. The van der Waals surface area contributed by atoms with Crippen LogP contribution in [0.25, 0.3) is 0 Å². The van der Waals surface area contributed by atoms with Crippen molar-refractivity contribution in [2.24, 2.45) is 0 Å². The number of imide groups is 1. The number of amides is 3. The van der Waals surface area contributed by atoms with Gasteiger partial charge in [0.25, 0.3) is 5.91 Å². The molecule has 3 amide bonds. The Morgan fingerprint density at radius 3 is 2.94 bits per heavy atom. The van der Waals surface area contributed by atoms with Crippen molar-refractivity contribution in [1.29, 1.82) is 0 Å². The first-order valence-electron chi connectivity index (χ1n) is 5.74. The van der Waals surface area contributed by atoms with Crippen LogP contribution in [0.1, 0.15) is 25.2 Å². The second kappa shape index (κ2) is 3.32. The Morgan fingerprint density at radius 2 is 2.24 bits per heavy atom. The number of fused-ring (bicyclic) bond motifs is 2. The van der Waals surface area contributed by atoms with E-state index in [9.17, 15) is 9.59 Å². The van der Waals surface area contributed by atoms with Gasteiger partial charge in [0.1, 0.15) is 6.04 Å². The van der Waals surface area contributed by atoms with E-state index in [2.05, 4.69) is 9.97 Å². The van der Waals surface area contributed by atoms with E-state index in [0.717, 1.165) is 11.4 Å². The minimum Gasteiger partial charge on any atom is -0.347 e. The Kier molecular flexibility index (Phi) is 2.01. The van der Waals surface area contributed by atoms with Crippen LogP contribution in [0.4, 0.5) is 4.79 Å². The summed E-state index contributed by atoms with van der Waals surface area (Å²) in [5.74, 6) is -0.0985. The van der Waals surface area contributed by atoms with Crippen molar-refractivity contribution in [2.45, 2.75) is 38.9 Å². The average molecular weight is 234 g/mol. The summed E-state index contributed by atoms with van der Waals surface area (Å²) in [4.78, 5) is 34.4. The highest BCUT2D eigenvalue weighted by atomic mass is 16.2. The molecule has 6 nitrogen and oxygen atoms in total. The van der Waals surface area contributed by atoms with Crippen molar-refractivity contribution in [3.8, 4) is 0 Å². The molecule has 0 spiro atoms. The summed E-state index contributed by atoms with van der Waals surface area (Å²) >= 11 is 0. The highest BCUT2D eigenvalue weighted by molar-refractivity contribution is 6.04. The van der Waals surface area contributed by atoms with Gasteiger partial charge in [0, 0.05) is 12.5 Å². The third kappa shape index (κ3) is 1.30. The summed E-state index contributed by atoms with van der Waals surface area (Å²) in [5.41, 5.74) is 1.84. The highest BCUT2D eigenvalue weighted by Crippen LogP contribution is 2.29. The van der Waals surface area contributed by atoms with Gasteiger partial charge < -0.3 is 9.88 Å². The lowest BCUT2D eigenvalue weighted by Gasteiger charge is -2.25. The molecule has 1 aromatic heterocycles. The number of aromatic nitrogens is 2. The number of nitrogens with one attached hydrogen (secondary N) is 1. The fourth-order valence-corrected chi connectivity index (χ4v) is 2.53. The van der Waals surface area contributed by atoms with Gasteiger partial charge >= 0.3 is 6.03 Å². The quantitative estimate of drug-likeness (QED) is 0.720. The molecule has 2 aliphatic heterocycles. The summed E-state index contributed by atoms with van der Waals surface area (Å²) in [6, 6.07) is -0.636. The molecule has 3 rings (SSSR count). The van der Waals surface area contributed by atoms with Crippen LogP contribution >= 0.6 is 0 Å². The first-order valence-corrected chi connectivity index (χ1v) is 5.74. The van der Waals surface area contributed by atoms with Gasteiger partial charge in [-0.15, -0.1) is 0 Å². The number of hydrogen-bond donors (Lipinski definition) is 1. The van der Waals surface area contributed by atoms with Gasteiger partial charge in [0.05, 0.1) is 24.3 Å². The smallest absolute Gasteiger partial charge is 0.328 e. The number of urea groups is 1. The van der Waals surface area contributed by atoms with Gasteiger partial charge in [0.2, 0.25) is 0 Å². The molecule has 0 aromatic carbocycles. The Morgan fingerprint density at radius 1 is 1.47 bits per heavy atom. The number of rotatable bonds is 1. The topological polar surface area (TPSA) is 69.3 Å². The molecule has 0 radical (unpaired) electrons. The molecular weight excluding hydrogens is 220 g/mol. The standard InChI is InChI=1S/C11H14N4O2/c1-6(2)15-10(16)9-3-7-8(13-5-12-7)4-14(9)11(15)17/h5-6,9H,3-4H2,1-2H3,(H,12,13). The lowest BCUT2D eigenvalue weighted by molar-refractivity contribution is -0.129. The second-order valence-corrected chi connectivity index (χ2v) is 4.76. The molecule has 1 aromatic rings. The van der Waals surface area contributed by atoms with Crippen molar-refractivity contribution in [3.05, 3.63) is 17.7 Å². The van der Waals surface area contributed by atoms with Gasteiger partial charge in [0.15, 0.2) is 0 Å². The average Bonchev–Trinajstić information content (AvgIpc) is 2.81. The molecular formula is C11H14N4O2. The predicted octanol–water partition coefficient (Wildman–Crippen LogP) is 0.507. The van der Waals surface area contributed by atoms with E-state index >= 15 is 0 Å². The molecule has 3 heterocycles. The Hall–Kier alpha value is -1.85. The van der Waals surface area contributed by atoms with Crippen LogP contribution in [0.5, 0.6) is 0 Å². The number of carbonyl (C=O) groups excluding carboxylic acids is 2. The van der Waals surface area contributed by atoms with Crippen LogP contribution in [0, 0.1) is 0 Å². The largest absolute Gasteiger partial charge is 0.347 e. The summed E-state index contributed by atoms with van der Waals surface area (Å²) < 4.78 is 0. The number of carbonyl (C=O) groups is 2. The fraction of sp³-hybridized carbons (Fsp3) is 0.545. The van der Waals surface area contributed by atoms with Crippen molar-refractivity contribution in [2.75, 3.05) is 0 Å². The van der Waals surface area contributed by atoms with E-state index in [0.29, 0.717) is 13.0 Å². The molecule has 1 atom stereocenters. The number of aromatic amines is 1. The molecule has 1 saturated heterocycles. The Labute approximate surface area is 98.6 Å². The van der Waals surface area contributed by atoms with Crippen molar-refractivity contribution < 1.29 is 9.59 Å². The minimum atomic E-state index is -0.360. The van der Waals surface area contributed by atoms with E-state index in [-0.39, 0.29) is 24.0 Å². The maximum atomic E-state index is 12.1. The number of hydrogen-bond acceptors (Lipinski definition) is 3. The van der Waals surface area contributed by atoms with Crippen molar-refractivity contribution in [1.82, 2.24) is 19.8 Å². The Bertz CT molecular complexity index is 455. The molecule has 2 aliphatic rings. The molecule has 17 heavy (non-hydrogen) atoms. The monoisotopic (exact) mass is 234 g/mol. The lowest BCUT2D eigenvalue weighted by Crippen LogP contribution is -2.40. The van der Waals surface area contributed by atoms with Gasteiger partial charge in [-0.05, 0) is 13.8 Å². The fourth-order valence-electron chi connectivity index (χ4n) is 2.53.